The van der Waals surface area contributed by atoms with E-state index in [2.05, 4.69) is 23.5 Å². The molecule has 1 rings (SSSR count). The lowest BCUT2D eigenvalue weighted by molar-refractivity contribution is -0.0118. The molecule has 0 aromatic carbocycles. The Kier molecular flexibility index (Phi) is 8.18. The van der Waals surface area contributed by atoms with Crippen LogP contribution in [-0.2, 0) is 0 Å². The average Bonchev–Trinajstić information content (AvgIpc) is 2.30. The van der Waals surface area contributed by atoms with Crippen LogP contribution in [0, 0.1) is 0 Å². The fourth-order valence-electron chi connectivity index (χ4n) is 1.54. The molecule has 0 fully saturated rings. The van der Waals surface area contributed by atoms with Gasteiger partial charge in [-0.15, -0.1) is 0 Å². The van der Waals surface area contributed by atoms with Gasteiger partial charge in [0.15, 0.2) is 0 Å². The number of rotatable bonds is 3. The van der Waals surface area contributed by atoms with E-state index >= 15 is 0 Å². The van der Waals surface area contributed by atoms with Crippen LogP contribution in [0.3, 0.4) is 0 Å². The van der Waals surface area contributed by atoms with E-state index in [1.54, 1.807) is 0 Å². The summed E-state index contributed by atoms with van der Waals surface area (Å²) in [6, 6.07) is 0.130. The molecule has 0 spiro atoms. The highest BCUT2D eigenvalue weighted by Gasteiger charge is 2.24. The summed E-state index contributed by atoms with van der Waals surface area (Å²) in [7, 11) is -2.67. The average molecular weight is 241 g/mol. The third-order valence-corrected chi connectivity index (χ3v) is 2.30. The molecule has 0 aromatic rings. The molecule has 0 amide bonds. The Labute approximate surface area is 101 Å². The zero-order chi connectivity index (χ0) is 13.3. The molecule has 1 aliphatic carbocycles. The van der Waals surface area contributed by atoms with Crippen LogP contribution in [0.15, 0.2) is 24.3 Å². The van der Waals surface area contributed by atoms with E-state index in [0.29, 0.717) is 5.71 Å². The number of allylic oxidation sites excluding steroid dienone is 2. The van der Waals surface area contributed by atoms with E-state index in [9.17, 15) is 4.32 Å². The van der Waals surface area contributed by atoms with E-state index in [-0.39, 0.29) is 6.04 Å². The number of nitrogens with zero attached hydrogens (tertiary/aromatic N) is 3. The van der Waals surface area contributed by atoms with Gasteiger partial charge in [0.25, 0.3) is 0 Å². The maximum atomic E-state index is 10.1. The van der Waals surface area contributed by atoms with Crippen molar-refractivity contribution in [3.8, 4) is 0 Å². The van der Waals surface area contributed by atoms with E-state index in [1.165, 1.54) is 0 Å². The summed E-state index contributed by atoms with van der Waals surface area (Å²) in [5.74, 6) is 0. The smallest absolute Gasteiger partial charge is 0.398 e. The molecule has 0 saturated carbocycles. The van der Waals surface area contributed by atoms with Gasteiger partial charge in [0.05, 0.1) is 0 Å². The highest BCUT2D eigenvalue weighted by atomic mass is 19.1. The molecule has 7 heteroatoms. The number of halogens is 1. The summed E-state index contributed by atoms with van der Waals surface area (Å²) >= 11 is 0. The quantitative estimate of drug-likeness (QED) is 0.427. The van der Waals surface area contributed by atoms with Gasteiger partial charge in [-0.3, -0.25) is 9.22 Å². The molecule has 0 radical (unpaired) electrons. The highest BCUT2D eigenvalue weighted by molar-refractivity contribution is 6.31. The van der Waals surface area contributed by atoms with Crippen LogP contribution in [0.1, 0.15) is 13.8 Å². The van der Waals surface area contributed by atoms with Gasteiger partial charge in [-0.05, 0) is 13.1 Å². The largest absolute Gasteiger partial charge is 0.674 e. The van der Waals surface area contributed by atoms with E-state index < -0.39 is 7.40 Å². The first-order chi connectivity index (χ1) is 8.06. The maximum absolute atomic E-state index is 10.1. The number of hydrogen-bond donors (Lipinski definition) is 2. The molecule has 2 N–H and O–H groups in total. The normalized spacial score (nSPS) is 17.5. The van der Waals surface area contributed by atoms with Crippen molar-refractivity contribution < 1.29 is 19.2 Å². The highest BCUT2D eigenvalue weighted by Crippen LogP contribution is 2.07. The summed E-state index contributed by atoms with van der Waals surface area (Å²) in [4.78, 5) is 5.51. The van der Waals surface area contributed by atoms with Gasteiger partial charge in [0.1, 0.15) is 6.04 Å². The molecular formula is C10H17BFN3O2. The van der Waals surface area contributed by atoms with Crippen molar-refractivity contribution in [2.75, 3.05) is 13.1 Å². The van der Waals surface area contributed by atoms with Crippen LogP contribution in [-0.4, -0.2) is 52.0 Å². The van der Waals surface area contributed by atoms with Crippen LogP contribution >= 0.6 is 0 Å². The molecular weight excluding hydrogens is 224 g/mol. The summed E-state index contributed by atoms with van der Waals surface area (Å²) < 4.78 is 10.1. The standard InChI is InChI=1S/C10H15N3.BFH2O2/c1-3-13(4-2)10-8-6-5-7-9(10)12-11;2-1(3)4/h5-8,10H,3-4H2,1-2H3;3-4H. The maximum Gasteiger partial charge on any atom is 0.674 e. The third kappa shape index (κ3) is 6.14. The first kappa shape index (κ1) is 15.7. The van der Waals surface area contributed by atoms with Gasteiger partial charge < -0.3 is 15.6 Å². The fraction of sp³-hybridized carbons (Fsp3) is 0.500. The topological polar surface area (TPSA) is 80.1 Å². The van der Waals surface area contributed by atoms with Crippen molar-refractivity contribution in [3.63, 3.8) is 0 Å². The number of likely N-dealkylation sites (N-methyl/N-ethyl adjacent to an activating group) is 1. The fourth-order valence-corrected chi connectivity index (χ4v) is 1.54. The van der Waals surface area contributed by atoms with Crippen molar-refractivity contribution in [2.24, 2.45) is 0 Å². The second-order valence-corrected chi connectivity index (χ2v) is 3.25. The Morgan fingerprint density at radius 1 is 1.41 bits per heavy atom. The van der Waals surface area contributed by atoms with Crippen LogP contribution in [0.25, 0.3) is 5.53 Å². The lowest BCUT2D eigenvalue weighted by Crippen LogP contribution is -2.40. The predicted molar refractivity (Wildman–Crippen MR) is 64.9 cm³/mol. The van der Waals surface area contributed by atoms with Gasteiger partial charge >= 0.3 is 13.1 Å². The molecule has 0 saturated heterocycles. The molecule has 0 bridgehead atoms. The Morgan fingerprint density at radius 3 is 2.35 bits per heavy atom. The predicted octanol–water partition coefficient (Wildman–Crippen LogP) is 0.419. The first-order valence-electron chi connectivity index (χ1n) is 5.37. The zero-order valence-electron chi connectivity index (χ0n) is 9.99. The van der Waals surface area contributed by atoms with Gasteiger partial charge in [-0.2, -0.15) is 4.79 Å². The van der Waals surface area contributed by atoms with Gasteiger partial charge in [-0.1, -0.05) is 32.1 Å². The third-order valence-electron chi connectivity index (χ3n) is 2.30. The van der Waals surface area contributed by atoms with E-state index in [1.807, 2.05) is 24.3 Å². The van der Waals surface area contributed by atoms with Crippen LogP contribution in [0.2, 0.25) is 0 Å². The summed E-state index contributed by atoms with van der Waals surface area (Å²) in [5, 5.41) is 13.9. The van der Waals surface area contributed by atoms with Gasteiger partial charge in [-0.25, -0.2) is 0 Å². The SMILES string of the molecule is CCN(CC)C1C=CC=CC1=[N+]=[N-].OB(O)F. The van der Waals surface area contributed by atoms with Crippen molar-refractivity contribution in [2.45, 2.75) is 19.9 Å². The first-order valence-corrected chi connectivity index (χ1v) is 5.37. The van der Waals surface area contributed by atoms with Crippen molar-refractivity contribution >= 4 is 13.1 Å². The van der Waals surface area contributed by atoms with Gasteiger partial charge in [0.2, 0.25) is 0 Å². The van der Waals surface area contributed by atoms with Crippen LogP contribution in [0.4, 0.5) is 4.32 Å². The molecule has 1 aliphatic rings. The Morgan fingerprint density at radius 2 is 1.94 bits per heavy atom. The molecule has 1 atom stereocenters. The zero-order valence-corrected chi connectivity index (χ0v) is 9.99. The second-order valence-electron chi connectivity index (χ2n) is 3.25. The van der Waals surface area contributed by atoms with Crippen molar-refractivity contribution in [1.82, 2.24) is 4.90 Å². The summed E-state index contributed by atoms with van der Waals surface area (Å²) in [6.07, 6.45) is 7.75. The molecule has 94 valence electrons. The monoisotopic (exact) mass is 241 g/mol. The van der Waals surface area contributed by atoms with Crippen molar-refractivity contribution in [3.05, 3.63) is 29.8 Å². The van der Waals surface area contributed by atoms with E-state index in [4.69, 9.17) is 15.6 Å². The minimum atomic E-state index is -2.67. The Bertz CT molecular complexity index is 321. The molecule has 1 unspecified atom stereocenters. The van der Waals surface area contributed by atoms with Crippen LogP contribution in [0.5, 0.6) is 0 Å². The molecule has 0 aliphatic heterocycles. The van der Waals surface area contributed by atoms with Crippen LogP contribution < -0.4 is 0 Å². The minimum absolute atomic E-state index is 0.130. The second kappa shape index (κ2) is 8.84. The summed E-state index contributed by atoms with van der Waals surface area (Å²) in [5.41, 5.74) is 9.49. The van der Waals surface area contributed by atoms with Gasteiger partial charge in [0, 0.05) is 6.08 Å². The molecule has 17 heavy (non-hydrogen) atoms. The molecule has 0 heterocycles. The minimum Gasteiger partial charge on any atom is -0.398 e. The lowest BCUT2D eigenvalue weighted by Gasteiger charge is -2.23. The summed E-state index contributed by atoms with van der Waals surface area (Å²) in [6.45, 7) is 6.12. The molecule has 5 nitrogen and oxygen atoms in total. The number of hydrogen-bond acceptors (Lipinski definition) is 3. The Balaban J connectivity index is 0.000000557. The molecule has 0 aromatic heterocycles. The van der Waals surface area contributed by atoms with Crippen molar-refractivity contribution in [1.29, 1.82) is 0 Å². The lowest BCUT2D eigenvalue weighted by atomic mass is 10.1. The van der Waals surface area contributed by atoms with E-state index in [0.717, 1.165) is 13.1 Å². The Hall–Kier alpha value is -1.27.